The second-order valence-electron chi connectivity index (χ2n) is 7.53. The Hall–Kier alpha value is -3.28. The van der Waals surface area contributed by atoms with Crippen LogP contribution in [0, 0.1) is 6.92 Å². The number of carbonyl (C=O) groups is 2. The molecule has 1 atom stereocenters. The highest BCUT2D eigenvalue weighted by Crippen LogP contribution is 2.40. The van der Waals surface area contributed by atoms with E-state index in [1.54, 1.807) is 30.2 Å². The van der Waals surface area contributed by atoms with Gasteiger partial charge in [-0.3, -0.25) is 9.59 Å². The number of unbranched alkanes of at least 4 members (excludes halogenated alkanes) is 1. The van der Waals surface area contributed by atoms with Crippen molar-refractivity contribution in [3.05, 3.63) is 64.7 Å². The summed E-state index contributed by atoms with van der Waals surface area (Å²) in [5.74, 6) is -0.0533. The number of aliphatic hydroxyl groups is 1. The van der Waals surface area contributed by atoms with E-state index in [0.717, 1.165) is 24.0 Å². The Kier molecular flexibility index (Phi) is 7.00. The van der Waals surface area contributed by atoms with Crippen molar-refractivity contribution in [2.45, 2.75) is 39.7 Å². The molecule has 1 saturated heterocycles. The van der Waals surface area contributed by atoms with Crippen LogP contribution in [0.1, 0.15) is 49.4 Å². The quantitative estimate of drug-likeness (QED) is 0.381. The molecule has 6 nitrogen and oxygen atoms in total. The number of methoxy groups -OCH3 is 1. The molecular formula is C25H29NO5. The number of ether oxygens (including phenoxy) is 2. The van der Waals surface area contributed by atoms with Gasteiger partial charge in [0.05, 0.1) is 25.3 Å². The fourth-order valence-corrected chi connectivity index (χ4v) is 3.87. The molecule has 1 amide bonds. The summed E-state index contributed by atoms with van der Waals surface area (Å²) in [6.45, 7) is 6.76. The number of aliphatic hydroxyl groups excluding tert-OH is 1. The molecule has 6 heteroatoms. The smallest absolute Gasteiger partial charge is 0.295 e. The molecule has 31 heavy (non-hydrogen) atoms. The predicted octanol–water partition coefficient (Wildman–Crippen LogP) is 4.62. The predicted molar refractivity (Wildman–Crippen MR) is 119 cm³/mol. The van der Waals surface area contributed by atoms with Gasteiger partial charge in [0.1, 0.15) is 17.3 Å². The molecule has 1 aliphatic rings. The maximum Gasteiger partial charge on any atom is 0.295 e. The van der Waals surface area contributed by atoms with Crippen molar-refractivity contribution in [3.8, 4) is 11.5 Å². The van der Waals surface area contributed by atoms with E-state index >= 15 is 0 Å². The number of amides is 1. The third-order valence-corrected chi connectivity index (χ3v) is 5.49. The van der Waals surface area contributed by atoms with Crippen LogP contribution in [0.4, 0.5) is 0 Å². The van der Waals surface area contributed by atoms with Gasteiger partial charge < -0.3 is 19.5 Å². The molecule has 0 radical (unpaired) electrons. The maximum absolute atomic E-state index is 13.0. The summed E-state index contributed by atoms with van der Waals surface area (Å²) in [5.41, 5.74) is 2.12. The van der Waals surface area contributed by atoms with Gasteiger partial charge in [-0.25, -0.2) is 0 Å². The number of hydrogen-bond donors (Lipinski definition) is 1. The number of aryl methyl sites for hydroxylation is 1. The van der Waals surface area contributed by atoms with Crippen LogP contribution in [0.3, 0.4) is 0 Å². The highest BCUT2D eigenvalue weighted by atomic mass is 16.5. The number of likely N-dealkylation sites (tertiary alicyclic amines) is 1. The summed E-state index contributed by atoms with van der Waals surface area (Å²) >= 11 is 0. The highest BCUT2D eigenvalue weighted by Gasteiger charge is 2.45. The molecular weight excluding hydrogens is 394 g/mol. The lowest BCUT2D eigenvalue weighted by Crippen LogP contribution is -2.30. The van der Waals surface area contributed by atoms with Crippen LogP contribution in [0.2, 0.25) is 0 Å². The van der Waals surface area contributed by atoms with Gasteiger partial charge in [0.2, 0.25) is 0 Å². The Balaban J connectivity index is 2.13. The number of nitrogens with zero attached hydrogens (tertiary/aromatic N) is 1. The minimum Gasteiger partial charge on any atom is -0.507 e. The molecule has 0 aromatic heterocycles. The number of hydrogen-bond acceptors (Lipinski definition) is 5. The van der Waals surface area contributed by atoms with Crippen LogP contribution in [0.15, 0.2) is 48.0 Å². The van der Waals surface area contributed by atoms with Crippen LogP contribution in [-0.2, 0) is 9.59 Å². The molecule has 1 fully saturated rings. The molecule has 1 heterocycles. The molecule has 1 N–H and O–H groups in total. The minimum atomic E-state index is -0.664. The lowest BCUT2D eigenvalue weighted by atomic mass is 9.93. The Bertz CT molecular complexity index is 993. The van der Waals surface area contributed by atoms with Gasteiger partial charge in [0.25, 0.3) is 11.7 Å². The van der Waals surface area contributed by atoms with Gasteiger partial charge in [-0.15, -0.1) is 0 Å². The number of rotatable bonds is 8. The summed E-state index contributed by atoms with van der Waals surface area (Å²) in [6.07, 6.45) is 1.65. The van der Waals surface area contributed by atoms with Gasteiger partial charge in [0, 0.05) is 12.1 Å². The van der Waals surface area contributed by atoms with Gasteiger partial charge in [0.15, 0.2) is 0 Å². The normalized spacial score (nSPS) is 17.8. The zero-order chi connectivity index (χ0) is 22.5. The first-order valence-corrected chi connectivity index (χ1v) is 10.6. The summed E-state index contributed by atoms with van der Waals surface area (Å²) in [5, 5.41) is 11.2. The second kappa shape index (κ2) is 9.69. The molecule has 0 saturated carbocycles. The van der Waals surface area contributed by atoms with Crippen LogP contribution in [-0.4, -0.2) is 42.0 Å². The van der Waals surface area contributed by atoms with Crippen molar-refractivity contribution in [1.82, 2.24) is 4.90 Å². The van der Waals surface area contributed by atoms with Crippen molar-refractivity contribution in [1.29, 1.82) is 0 Å². The summed E-state index contributed by atoms with van der Waals surface area (Å²) in [4.78, 5) is 27.5. The topological polar surface area (TPSA) is 76.1 Å². The summed E-state index contributed by atoms with van der Waals surface area (Å²) in [6, 6.07) is 11.9. The van der Waals surface area contributed by atoms with E-state index in [4.69, 9.17) is 9.47 Å². The van der Waals surface area contributed by atoms with Crippen molar-refractivity contribution in [3.63, 3.8) is 0 Å². The molecule has 0 aliphatic carbocycles. The van der Waals surface area contributed by atoms with Crippen LogP contribution < -0.4 is 9.47 Å². The third kappa shape index (κ3) is 4.43. The zero-order valence-electron chi connectivity index (χ0n) is 18.5. The van der Waals surface area contributed by atoms with E-state index in [9.17, 15) is 14.7 Å². The number of Topliss-reactive ketones (excluding diaryl/α,β-unsaturated/α-hetero) is 1. The molecule has 0 bridgehead atoms. The molecule has 3 rings (SSSR count). The van der Waals surface area contributed by atoms with E-state index in [1.165, 1.54) is 0 Å². The van der Waals surface area contributed by atoms with Crippen LogP contribution in [0.25, 0.3) is 5.76 Å². The lowest BCUT2D eigenvalue weighted by molar-refractivity contribution is -0.139. The minimum absolute atomic E-state index is 0.110. The van der Waals surface area contributed by atoms with Crippen LogP contribution >= 0.6 is 0 Å². The molecule has 1 aliphatic heterocycles. The van der Waals surface area contributed by atoms with Crippen molar-refractivity contribution in [2.75, 3.05) is 20.3 Å². The van der Waals surface area contributed by atoms with Crippen molar-refractivity contribution in [2.24, 2.45) is 0 Å². The average Bonchev–Trinajstić information content (AvgIpc) is 3.02. The zero-order valence-corrected chi connectivity index (χ0v) is 18.5. The SMILES string of the molecule is CCCCN1C(=O)C(=O)/C(=C(\O)c2ccc(OC)cc2C)C1c1ccc(OCC)cc1. The fourth-order valence-electron chi connectivity index (χ4n) is 3.87. The number of ketones is 1. The Morgan fingerprint density at radius 3 is 2.32 bits per heavy atom. The highest BCUT2D eigenvalue weighted by molar-refractivity contribution is 6.46. The largest absolute Gasteiger partial charge is 0.507 e. The van der Waals surface area contributed by atoms with Crippen molar-refractivity contribution < 1.29 is 24.2 Å². The standard InChI is InChI=1S/C25H29NO5/c1-5-7-14-26-22(17-8-10-18(11-9-17)31-6-2)21(24(28)25(26)29)23(27)20-13-12-19(30-4)15-16(20)3/h8-13,15,22,27H,5-7,14H2,1-4H3/b23-21-. The van der Waals surface area contributed by atoms with Gasteiger partial charge in [-0.1, -0.05) is 25.5 Å². The maximum atomic E-state index is 13.0. The van der Waals surface area contributed by atoms with Gasteiger partial charge >= 0.3 is 0 Å². The van der Waals surface area contributed by atoms with E-state index in [-0.39, 0.29) is 11.3 Å². The van der Waals surface area contributed by atoms with E-state index in [2.05, 4.69) is 0 Å². The first-order chi connectivity index (χ1) is 14.9. The molecule has 2 aromatic carbocycles. The van der Waals surface area contributed by atoms with E-state index in [0.29, 0.717) is 30.2 Å². The van der Waals surface area contributed by atoms with E-state index < -0.39 is 17.7 Å². The molecule has 1 unspecified atom stereocenters. The molecule has 164 valence electrons. The summed E-state index contributed by atoms with van der Waals surface area (Å²) < 4.78 is 10.8. The Labute approximate surface area is 183 Å². The third-order valence-electron chi connectivity index (χ3n) is 5.49. The van der Waals surface area contributed by atoms with Gasteiger partial charge in [-0.05, 0) is 61.7 Å². The van der Waals surface area contributed by atoms with Crippen LogP contribution in [0.5, 0.6) is 11.5 Å². The summed E-state index contributed by atoms with van der Waals surface area (Å²) in [7, 11) is 1.57. The first kappa shape index (κ1) is 22.4. The van der Waals surface area contributed by atoms with E-state index in [1.807, 2.05) is 45.0 Å². The fraction of sp³-hybridized carbons (Fsp3) is 0.360. The van der Waals surface area contributed by atoms with Crippen molar-refractivity contribution >= 4 is 17.4 Å². The Morgan fingerprint density at radius 2 is 1.74 bits per heavy atom. The lowest BCUT2D eigenvalue weighted by Gasteiger charge is -2.25. The number of benzene rings is 2. The monoisotopic (exact) mass is 423 g/mol. The average molecular weight is 424 g/mol. The first-order valence-electron chi connectivity index (χ1n) is 10.6. The Morgan fingerprint density at radius 1 is 1.06 bits per heavy atom. The second-order valence-corrected chi connectivity index (χ2v) is 7.53. The molecule has 0 spiro atoms. The van der Waals surface area contributed by atoms with Gasteiger partial charge in [-0.2, -0.15) is 0 Å². The number of carbonyl (C=O) groups excluding carboxylic acids is 2. The molecule has 2 aromatic rings.